The van der Waals surface area contributed by atoms with Crippen LogP contribution in [0.4, 0.5) is 0 Å². The molecule has 1 heteroatoms. The van der Waals surface area contributed by atoms with Crippen LogP contribution in [0.15, 0.2) is 24.3 Å². The van der Waals surface area contributed by atoms with Gasteiger partial charge in [0.1, 0.15) is 5.75 Å². The highest BCUT2D eigenvalue weighted by Crippen LogP contribution is 2.62. The normalized spacial score (nSPS) is 35.4. The maximum atomic E-state index is 5.55. The van der Waals surface area contributed by atoms with Gasteiger partial charge in [-0.25, -0.2) is 0 Å². The molecule has 1 aromatic rings. The first-order valence-corrected chi connectivity index (χ1v) is 9.46. The third-order valence-electron chi connectivity index (χ3n) is 7.45. The average molecular weight is 310 g/mol. The van der Waals surface area contributed by atoms with Crippen molar-refractivity contribution in [1.82, 2.24) is 0 Å². The number of rotatable bonds is 2. The summed E-state index contributed by atoms with van der Waals surface area (Å²) in [4.78, 5) is 0. The Morgan fingerprint density at radius 2 is 2.04 bits per heavy atom. The summed E-state index contributed by atoms with van der Waals surface area (Å²) in [5.74, 6) is 3.57. The van der Waals surface area contributed by atoms with Crippen molar-refractivity contribution in [2.75, 3.05) is 7.11 Å². The number of hydrogen-bond acceptors (Lipinski definition) is 1. The number of benzene rings is 1. The van der Waals surface area contributed by atoms with Gasteiger partial charge in [-0.3, -0.25) is 0 Å². The molecule has 1 nitrogen and oxygen atoms in total. The molecule has 4 rings (SSSR count). The first kappa shape index (κ1) is 15.3. The molecule has 3 aliphatic rings. The molecule has 0 N–H and O–H groups in total. The van der Waals surface area contributed by atoms with Crippen LogP contribution in [0.3, 0.4) is 0 Å². The van der Waals surface area contributed by atoms with Gasteiger partial charge in [0.2, 0.25) is 0 Å². The van der Waals surface area contributed by atoms with Crippen molar-refractivity contribution < 1.29 is 4.74 Å². The van der Waals surface area contributed by atoms with E-state index < -0.39 is 0 Å². The Hall–Kier alpha value is -1.24. The summed E-state index contributed by atoms with van der Waals surface area (Å²) < 4.78 is 5.55. The standard InChI is InChI=1S/C22H30O/c1-5-15-12-17(23-4)13-16-7-8-18-19(21(15)16)10-11-22(3)14(2)6-9-20(18)22/h12-13,18-20H,2,5-11H2,1,3-4H3/t18-,19+,20+,22-/m1/s1. The number of methoxy groups -OCH3 is 1. The number of fused-ring (bicyclic) bond motifs is 5. The van der Waals surface area contributed by atoms with Crippen molar-refractivity contribution in [1.29, 1.82) is 0 Å². The Labute approximate surface area is 141 Å². The maximum Gasteiger partial charge on any atom is 0.119 e. The van der Waals surface area contributed by atoms with Crippen molar-refractivity contribution >= 4 is 0 Å². The van der Waals surface area contributed by atoms with E-state index >= 15 is 0 Å². The van der Waals surface area contributed by atoms with Crippen LogP contribution < -0.4 is 4.74 Å². The van der Waals surface area contributed by atoms with Crippen LogP contribution in [0.5, 0.6) is 5.75 Å². The first-order valence-electron chi connectivity index (χ1n) is 9.46. The molecule has 0 bridgehead atoms. The second kappa shape index (κ2) is 5.40. The lowest BCUT2D eigenvalue weighted by molar-refractivity contribution is 0.0812. The van der Waals surface area contributed by atoms with Crippen molar-refractivity contribution in [3.63, 3.8) is 0 Å². The van der Waals surface area contributed by atoms with E-state index in [1.54, 1.807) is 18.2 Å². The minimum atomic E-state index is 0.428. The molecule has 3 aliphatic carbocycles. The Morgan fingerprint density at radius 1 is 1.22 bits per heavy atom. The molecule has 0 spiro atoms. The van der Waals surface area contributed by atoms with Gasteiger partial charge >= 0.3 is 0 Å². The molecule has 0 amide bonds. The van der Waals surface area contributed by atoms with Gasteiger partial charge in [-0.15, -0.1) is 0 Å². The fourth-order valence-corrected chi connectivity index (χ4v) is 6.12. The highest BCUT2D eigenvalue weighted by Gasteiger charge is 2.52. The zero-order chi connectivity index (χ0) is 16.2. The number of allylic oxidation sites excluding steroid dienone is 1. The second-order valence-corrected chi connectivity index (χ2v) is 8.23. The molecule has 0 heterocycles. The van der Waals surface area contributed by atoms with Gasteiger partial charge in [0.05, 0.1) is 7.11 Å². The average Bonchev–Trinajstić information content (AvgIpc) is 2.88. The quantitative estimate of drug-likeness (QED) is 0.639. The fraction of sp³-hybridized carbons (Fsp3) is 0.636. The molecule has 2 fully saturated rings. The lowest BCUT2D eigenvalue weighted by atomic mass is 9.55. The molecule has 2 saturated carbocycles. The van der Waals surface area contributed by atoms with Crippen LogP contribution in [-0.4, -0.2) is 7.11 Å². The SMILES string of the molecule is C=C1CC[C@H]2[C@@H]3CCc4cc(OC)cc(CC)c4[C@H]3CC[C@]12C. The Balaban J connectivity index is 1.76. The van der Waals surface area contributed by atoms with E-state index in [1.165, 1.54) is 49.7 Å². The van der Waals surface area contributed by atoms with Gasteiger partial charge < -0.3 is 4.74 Å². The van der Waals surface area contributed by atoms with E-state index in [2.05, 4.69) is 32.6 Å². The summed E-state index contributed by atoms with van der Waals surface area (Å²) in [6, 6.07) is 4.61. The molecule has 0 saturated heterocycles. The zero-order valence-corrected chi connectivity index (χ0v) is 15.0. The Morgan fingerprint density at radius 3 is 2.78 bits per heavy atom. The predicted molar refractivity (Wildman–Crippen MR) is 96.1 cm³/mol. The van der Waals surface area contributed by atoms with E-state index in [9.17, 15) is 0 Å². The van der Waals surface area contributed by atoms with Crippen molar-refractivity contribution in [2.45, 2.75) is 64.7 Å². The van der Waals surface area contributed by atoms with E-state index in [0.717, 1.165) is 29.9 Å². The number of hydrogen-bond donors (Lipinski definition) is 0. The summed E-state index contributed by atoms with van der Waals surface area (Å²) in [7, 11) is 1.79. The summed E-state index contributed by atoms with van der Waals surface area (Å²) in [6.45, 7) is 9.23. The highest BCUT2D eigenvalue weighted by atomic mass is 16.5. The molecular formula is C22H30O. The van der Waals surface area contributed by atoms with Crippen LogP contribution in [0, 0.1) is 17.3 Å². The molecule has 1 aromatic carbocycles. The Bertz CT molecular complexity index is 626. The lowest BCUT2D eigenvalue weighted by Crippen LogP contribution is -2.40. The van der Waals surface area contributed by atoms with Gasteiger partial charge in [-0.2, -0.15) is 0 Å². The molecule has 124 valence electrons. The van der Waals surface area contributed by atoms with Gasteiger partial charge in [0.25, 0.3) is 0 Å². The topological polar surface area (TPSA) is 9.23 Å². The zero-order valence-electron chi connectivity index (χ0n) is 15.0. The first-order chi connectivity index (χ1) is 11.1. The van der Waals surface area contributed by atoms with E-state index in [-0.39, 0.29) is 0 Å². The van der Waals surface area contributed by atoms with E-state index in [4.69, 9.17) is 4.74 Å². The number of ether oxygens (including phenoxy) is 1. The molecule has 0 unspecified atom stereocenters. The third-order valence-corrected chi connectivity index (χ3v) is 7.45. The van der Waals surface area contributed by atoms with Crippen molar-refractivity contribution in [2.24, 2.45) is 17.3 Å². The van der Waals surface area contributed by atoms with Crippen molar-refractivity contribution in [3.05, 3.63) is 41.0 Å². The Kier molecular flexibility index (Phi) is 3.59. The summed E-state index contributed by atoms with van der Waals surface area (Å²) in [6.07, 6.45) is 9.05. The molecular weight excluding hydrogens is 280 g/mol. The maximum absolute atomic E-state index is 5.55. The van der Waals surface area contributed by atoms with Crippen LogP contribution in [0.1, 0.15) is 68.6 Å². The van der Waals surface area contributed by atoms with Gasteiger partial charge in [0.15, 0.2) is 0 Å². The second-order valence-electron chi connectivity index (χ2n) is 8.23. The predicted octanol–water partition coefficient (Wildman–Crippen LogP) is 5.67. The summed E-state index contributed by atoms with van der Waals surface area (Å²) in [5, 5.41) is 0. The van der Waals surface area contributed by atoms with E-state index in [1.807, 2.05) is 0 Å². The molecule has 0 radical (unpaired) electrons. The third kappa shape index (κ3) is 2.12. The minimum Gasteiger partial charge on any atom is -0.497 e. The lowest BCUT2D eigenvalue weighted by Gasteiger charge is -2.50. The van der Waals surface area contributed by atoms with Crippen LogP contribution >= 0.6 is 0 Å². The minimum absolute atomic E-state index is 0.428. The van der Waals surface area contributed by atoms with Crippen LogP contribution in [-0.2, 0) is 12.8 Å². The molecule has 0 aromatic heterocycles. The van der Waals surface area contributed by atoms with Crippen molar-refractivity contribution in [3.8, 4) is 5.75 Å². The van der Waals surface area contributed by atoms with Gasteiger partial charge in [-0.1, -0.05) is 26.0 Å². The largest absolute Gasteiger partial charge is 0.497 e. The number of aryl methyl sites for hydroxylation is 2. The van der Waals surface area contributed by atoms with Gasteiger partial charge in [0, 0.05) is 0 Å². The van der Waals surface area contributed by atoms with Crippen LogP contribution in [0.2, 0.25) is 0 Å². The van der Waals surface area contributed by atoms with E-state index in [0.29, 0.717) is 5.41 Å². The van der Waals surface area contributed by atoms with Crippen LogP contribution in [0.25, 0.3) is 0 Å². The smallest absolute Gasteiger partial charge is 0.119 e. The fourth-order valence-electron chi connectivity index (χ4n) is 6.12. The molecule has 23 heavy (non-hydrogen) atoms. The molecule has 4 atom stereocenters. The highest BCUT2D eigenvalue weighted by molar-refractivity contribution is 5.47. The summed E-state index contributed by atoms with van der Waals surface area (Å²) >= 11 is 0. The molecule has 0 aliphatic heterocycles. The van der Waals surface area contributed by atoms with Gasteiger partial charge in [-0.05, 0) is 96.9 Å². The monoisotopic (exact) mass is 310 g/mol. The summed E-state index contributed by atoms with van der Waals surface area (Å²) in [5.41, 5.74) is 6.77.